The molecule has 0 spiro atoms. The van der Waals surface area contributed by atoms with Crippen LogP contribution in [0.2, 0.25) is 0 Å². The summed E-state index contributed by atoms with van der Waals surface area (Å²) in [5.41, 5.74) is 3.47. The molecule has 0 saturated carbocycles. The number of hydrogen-bond donors (Lipinski definition) is 1. The molecule has 4 aromatic rings. The summed E-state index contributed by atoms with van der Waals surface area (Å²) in [6.07, 6.45) is 1.64. The Morgan fingerprint density at radius 2 is 1.82 bits per heavy atom. The number of ether oxygens (including phenoxy) is 3. The van der Waals surface area contributed by atoms with Crippen LogP contribution in [-0.4, -0.2) is 61.9 Å². The molecule has 0 bridgehead atoms. The summed E-state index contributed by atoms with van der Waals surface area (Å²) in [5.74, 6) is 2.30. The second kappa shape index (κ2) is 10.4. The van der Waals surface area contributed by atoms with Crippen LogP contribution in [0.25, 0.3) is 21.3 Å². The van der Waals surface area contributed by atoms with Gasteiger partial charge in [0.05, 0.1) is 38.9 Å². The Balaban J connectivity index is 1.48. The third kappa shape index (κ3) is 4.57. The third-order valence-electron chi connectivity index (χ3n) is 6.20. The highest BCUT2D eigenvalue weighted by Gasteiger charge is 2.24. The van der Waals surface area contributed by atoms with Crippen molar-refractivity contribution in [1.82, 2.24) is 14.9 Å². The lowest BCUT2D eigenvalue weighted by Crippen LogP contribution is -2.41. The van der Waals surface area contributed by atoms with Crippen molar-refractivity contribution in [3.8, 4) is 22.6 Å². The summed E-state index contributed by atoms with van der Waals surface area (Å²) in [6, 6.07) is 16.7. The van der Waals surface area contributed by atoms with E-state index in [1.807, 2.05) is 12.1 Å². The maximum atomic E-state index is 5.62. The van der Waals surface area contributed by atoms with Crippen LogP contribution in [0.15, 0.2) is 60.2 Å². The molecule has 3 heterocycles. The van der Waals surface area contributed by atoms with Gasteiger partial charge >= 0.3 is 0 Å². The van der Waals surface area contributed by atoms with Crippen molar-refractivity contribution in [3.63, 3.8) is 0 Å². The first-order valence-corrected chi connectivity index (χ1v) is 12.2. The average Bonchev–Trinajstić information content (AvgIpc) is 3.35. The average molecular weight is 477 g/mol. The van der Waals surface area contributed by atoms with E-state index in [9.17, 15) is 0 Å². The standard InChI is InChI=1S/C26H28N4O3S/c1-31-22-9-8-19(14-23(22)32-2)21(30-10-12-33-13-11-30)15-27-25-24-20(18-6-4-3-5-7-18)16-34-26(24)29-17-28-25/h3-9,14,16-17,21H,10-13,15H2,1-2H3,(H,27,28,29). The second-order valence-electron chi connectivity index (χ2n) is 8.08. The molecular formula is C26H28N4O3S. The Morgan fingerprint density at radius 1 is 1.03 bits per heavy atom. The van der Waals surface area contributed by atoms with E-state index in [1.54, 1.807) is 31.9 Å². The minimum atomic E-state index is 0.118. The maximum Gasteiger partial charge on any atom is 0.161 e. The number of methoxy groups -OCH3 is 2. The number of nitrogens with zero attached hydrogens (tertiary/aromatic N) is 3. The number of rotatable bonds is 8. The lowest BCUT2D eigenvalue weighted by Gasteiger charge is -2.35. The number of morpholine rings is 1. The predicted molar refractivity (Wildman–Crippen MR) is 136 cm³/mol. The van der Waals surface area contributed by atoms with Gasteiger partial charge in [0, 0.05) is 30.6 Å². The molecule has 1 atom stereocenters. The van der Waals surface area contributed by atoms with Crippen LogP contribution in [0.5, 0.6) is 11.5 Å². The minimum absolute atomic E-state index is 0.118. The summed E-state index contributed by atoms with van der Waals surface area (Å²) in [6.45, 7) is 3.88. The van der Waals surface area contributed by atoms with E-state index in [0.717, 1.165) is 70.5 Å². The van der Waals surface area contributed by atoms with E-state index in [1.165, 1.54) is 0 Å². The largest absolute Gasteiger partial charge is 0.493 e. The van der Waals surface area contributed by atoms with E-state index in [-0.39, 0.29) is 6.04 Å². The van der Waals surface area contributed by atoms with Crippen molar-refractivity contribution in [2.75, 3.05) is 52.4 Å². The summed E-state index contributed by atoms with van der Waals surface area (Å²) < 4.78 is 16.6. The van der Waals surface area contributed by atoms with Gasteiger partial charge < -0.3 is 19.5 Å². The Hall–Kier alpha value is -3.20. The first-order chi connectivity index (χ1) is 16.8. The van der Waals surface area contributed by atoms with E-state index < -0.39 is 0 Å². The van der Waals surface area contributed by atoms with Gasteiger partial charge in [-0.15, -0.1) is 11.3 Å². The monoisotopic (exact) mass is 476 g/mol. The van der Waals surface area contributed by atoms with Crippen molar-refractivity contribution in [3.05, 3.63) is 65.8 Å². The zero-order valence-corrected chi connectivity index (χ0v) is 20.2. The molecule has 1 N–H and O–H groups in total. The molecule has 5 rings (SSSR count). The summed E-state index contributed by atoms with van der Waals surface area (Å²) in [7, 11) is 3.33. The van der Waals surface area contributed by atoms with Gasteiger partial charge in [0.2, 0.25) is 0 Å². The summed E-state index contributed by atoms with van der Waals surface area (Å²) in [5, 5.41) is 6.87. The highest BCUT2D eigenvalue weighted by Crippen LogP contribution is 2.37. The van der Waals surface area contributed by atoms with Gasteiger partial charge in [0.15, 0.2) is 11.5 Å². The quantitative estimate of drug-likeness (QED) is 0.389. The fourth-order valence-corrected chi connectivity index (χ4v) is 5.36. The number of thiophene rings is 1. The summed E-state index contributed by atoms with van der Waals surface area (Å²) >= 11 is 1.64. The molecule has 1 unspecified atom stereocenters. The Bertz CT molecular complexity index is 1240. The van der Waals surface area contributed by atoms with E-state index in [4.69, 9.17) is 14.2 Å². The topological polar surface area (TPSA) is 68.7 Å². The van der Waals surface area contributed by atoms with Crippen molar-refractivity contribution in [1.29, 1.82) is 0 Å². The minimum Gasteiger partial charge on any atom is -0.493 e. The van der Waals surface area contributed by atoms with Crippen LogP contribution >= 0.6 is 11.3 Å². The van der Waals surface area contributed by atoms with Crippen LogP contribution in [0.1, 0.15) is 11.6 Å². The molecule has 2 aromatic carbocycles. The van der Waals surface area contributed by atoms with E-state index >= 15 is 0 Å². The van der Waals surface area contributed by atoms with Crippen molar-refractivity contribution in [2.45, 2.75) is 6.04 Å². The van der Waals surface area contributed by atoms with Gasteiger partial charge in [-0.3, -0.25) is 4.90 Å². The Labute approximate surface area is 203 Å². The van der Waals surface area contributed by atoms with Crippen LogP contribution < -0.4 is 14.8 Å². The fourth-order valence-electron chi connectivity index (χ4n) is 4.44. The third-order valence-corrected chi connectivity index (χ3v) is 7.08. The normalized spacial score (nSPS) is 15.2. The number of fused-ring (bicyclic) bond motifs is 1. The van der Waals surface area contributed by atoms with Gasteiger partial charge in [0.25, 0.3) is 0 Å². The first kappa shape index (κ1) is 22.6. The number of anilines is 1. The van der Waals surface area contributed by atoms with Gasteiger partial charge in [-0.25, -0.2) is 9.97 Å². The van der Waals surface area contributed by atoms with Gasteiger partial charge in [-0.05, 0) is 23.3 Å². The smallest absolute Gasteiger partial charge is 0.161 e. The van der Waals surface area contributed by atoms with Crippen LogP contribution in [0.3, 0.4) is 0 Å². The van der Waals surface area contributed by atoms with Crippen LogP contribution in [0, 0.1) is 0 Å². The lowest BCUT2D eigenvalue weighted by atomic mass is 10.0. The zero-order valence-electron chi connectivity index (χ0n) is 19.4. The molecule has 34 heavy (non-hydrogen) atoms. The van der Waals surface area contributed by atoms with E-state index in [0.29, 0.717) is 6.54 Å². The maximum absolute atomic E-state index is 5.62. The molecule has 1 aliphatic heterocycles. The second-order valence-corrected chi connectivity index (χ2v) is 8.94. The SMILES string of the molecule is COc1ccc(C(CNc2ncnc3scc(-c4ccccc4)c23)N2CCOCC2)cc1OC. The molecule has 1 saturated heterocycles. The van der Waals surface area contributed by atoms with Crippen molar-refractivity contribution >= 4 is 27.4 Å². The van der Waals surface area contributed by atoms with Gasteiger partial charge in [-0.2, -0.15) is 0 Å². The Morgan fingerprint density at radius 3 is 2.59 bits per heavy atom. The predicted octanol–water partition coefficient (Wildman–Crippen LogP) is 4.86. The molecule has 0 radical (unpaired) electrons. The Kier molecular flexibility index (Phi) is 6.89. The number of hydrogen-bond acceptors (Lipinski definition) is 8. The molecule has 1 fully saturated rings. The van der Waals surface area contributed by atoms with Crippen LogP contribution in [0.4, 0.5) is 5.82 Å². The molecular weight excluding hydrogens is 448 g/mol. The molecule has 8 heteroatoms. The fraction of sp³-hybridized carbons (Fsp3) is 0.308. The van der Waals surface area contributed by atoms with Crippen molar-refractivity contribution in [2.24, 2.45) is 0 Å². The molecule has 2 aromatic heterocycles. The van der Waals surface area contributed by atoms with Gasteiger partial charge in [0.1, 0.15) is 17.0 Å². The highest BCUT2D eigenvalue weighted by atomic mass is 32.1. The molecule has 1 aliphatic rings. The number of nitrogens with one attached hydrogen (secondary N) is 1. The lowest BCUT2D eigenvalue weighted by molar-refractivity contribution is 0.0186. The molecule has 7 nitrogen and oxygen atoms in total. The number of aromatic nitrogens is 2. The van der Waals surface area contributed by atoms with E-state index in [2.05, 4.69) is 62.0 Å². The highest BCUT2D eigenvalue weighted by molar-refractivity contribution is 7.17. The molecule has 176 valence electrons. The zero-order chi connectivity index (χ0) is 23.3. The van der Waals surface area contributed by atoms with Gasteiger partial charge in [-0.1, -0.05) is 36.4 Å². The summed E-state index contributed by atoms with van der Waals surface area (Å²) in [4.78, 5) is 12.6. The van der Waals surface area contributed by atoms with Crippen molar-refractivity contribution < 1.29 is 14.2 Å². The van der Waals surface area contributed by atoms with Crippen LogP contribution in [-0.2, 0) is 4.74 Å². The first-order valence-electron chi connectivity index (χ1n) is 11.3. The molecule has 0 amide bonds. The molecule has 0 aliphatic carbocycles. The number of benzene rings is 2.